The third kappa shape index (κ3) is 7.97. The van der Waals surface area contributed by atoms with Gasteiger partial charge in [0.15, 0.2) is 11.5 Å². The minimum Gasteiger partial charge on any atom is -0.495 e. The molecule has 0 aliphatic carbocycles. The number of nitrogens with zero attached hydrogens (tertiary/aromatic N) is 2. The number of carbonyl (C=O) groups excluding carboxylic acids is 2. The fourth-order valence-corrected chi connectivity index (χ4v) is 6.13. The van der Waals surface area contributed by atoms with Crippen molar-refractivity contribution in [3.05, 3.63) is 75.2 Å². The smallest absolute Gasteiger partial charge is 0.265 e. The summed E-state index contributed by atoms with van der Waals surface area (Å²) in [5.41, 5.74) is 0.590. The molecule has 3 rings (SSSR count). The number of hydrogen-bond donors (Lipinski definition) is 1. The van der Waals surface area contributed by atoms with Crippen LogP contribution in [0.3, 0.4) is 0 Å². The molecule has 0 aliphatic heterocycles. The molecule has 3 aromatic carbocycles. The lowest BCUT2D eigenvalue weighted by molar-refractivity contribution is -0.139. The van der Waals surface area contributed by atoms with Gasteiger partial charge in [0.25, 0.3) is 10.0 Å². The maximum absolute atomic E-state index is 14.2. The van der Waals surface area contributed by atoms with E-state index in [9.17, 15) is 18.0 Å². The van der Waals surface area contributed by atoms with Crippen LogP contribution in [0, 0.1) is 0 Å². The van der Waals surface area contributed by atoms with Crippen LogP contribution in [0.5, 0.6) is 17.2 Å². The molecule has 43 heavy (non-hydrogen) atoms. The number of halogens is 3. The highest BCUT2D eigenvalue weighted by molar-refractivity contribution is 7.92. The van der Waals surface area contributed by atoms with Gasteiger partial charge in [0.1, 0.15) is 18.3 Å². The van der Waals surface area contributed by atoms with E-state index in [1.54, 1.807) is 32.0 Å². The van der Waals surface area contributed by atoms with E-state index in [0.29, 0.717) is 22.9 Å². The molecule has 0 saturated carbocycles. The number of hydrogen-bond acceptors (Lipinski definition) is 7. The molecule has 14 heteroatoms. The third-order valence-electron chi connectivity index (χ3n) is 6.49. The molecular weight excluding hydrogens is 641 g/mol. The zero-order valence-corrected chi connectivity index (χ0v) is 27.3. The van der Waals surface area contributed by atoms with E-state index in [1.165, 1.54) is 62.6 Å². The van der Waals surface area contributed by atoms with Crippen molar-refractivity contribution in [2.45, 2.75) is 31.3 Å². The summed E-state index contributed by atoms with van der Waals surface area (Å²) in [6.45, 7) is 2.85. The second kappa shape index (κ2) is 14.9. The van der Waals surface area contributed by atoms with Crippen LogP contribution in [-0.4, -0.2) is 65.6 Å². The van der Waals surface area contributed by atoms with E-state index in [0.717, 1.165) is 4.31 Å². The van der Waals surface area contributed by atoms with Gasteiger partial charge >= 0.3 is 0 Å². The van der Waals surface area contributed by atoms with Gasteiger partial charge < -0.3 is 24.4 Å². The lowest BCUT2D eigenvalue weighted by Crippen LogP contribution is -2.51. The van der Waals surface area contributed by atoms with Gasteiger partial charge in [-0.25, -0.2) is 8.42 Å². The summed E-state index contributed by atoms with van der Waals surface area (Å²) in [5.74, 6) is -0.484. The van der Waals surface area contributed by atoms with Crippen LogP contribution in [0.15, 0.2) is 59.5 Å². The fraction of sp³-hybridized carbons (Fsp3) is 0.310. The number of amides is 2. The van der Waals surface area contributed by atoms with E-state index in [1.807, 2.05) is 0 Å². The van der Waals surface area contributed by atoms with Crippen LogP contribution >= 0.6 is 34.8 Å². The molecule has 0 aliphatic rings. The number of carbonyl (C=O) groups is 2. The number of likely N-dealkylation sites (N-methyl/N-ethyl adjacent to an activating group) is 1. The third-order valence-corrected chi connectivity index (χ3v) is 9.22. The van der Waals surface area contributed by atoms with Gasteiger partial charge in [-0.15, -0.1) is 0 Å². The summed E-state index contributed by atoms with van der Waals surface area (Å²) in [6, 6.07) is 12.3. The summed E-state index contributed by atoms with van der Waals surface area (Å²) in [6.07, 6.45) is 0. The summed E-state index contributed by atoms with van der Waals surface area (Å²) in [7, 11) is -0.297. The highest BCUT2D eigenvalue weighted by Gasteiger charge is 2.34. The van der Waals surface area contributed by atoms with Crippen molar-refractivity contribution in [3.63, 3.8) is 0 Å². The van der Waals surface area contributed by atoms with Crippen molar-refractivity contribution < 1.29 is 32.2 Å². The second-order valence-electron chi connectivity index (χ2n) is 9.19. The molecule has 1 N–H and O–H groups in total. The Bertz CT molecular complexity index is 1590. The van der Waals surface area contributed by atoms with Crippen molar-refractivity contribution >= 4 is 62.3 Å². The van der Waals surface area contributed by atoms with Crippen LogP contribution in [0.1, 0.15) is 19.4 Å². The molecule has 0 aromatic heterocycles. The molecular formula is C29H32Cl3N3O7S. The highest BCUT2D eigenvalue weighted by atomic mass is 35.5. The Kier molecular flexibility index (Phi) is 11.8. The van der Waals surface area contributed by atoms with E-state index in [-0.39, 0.29) is 38.7 Å². The van der Waals surface area contributed by atoms with Crippen molar-refractivity contribution in [2.75, 3.05) is 38.7 Å². The molecule has 0 radical (unpaired) electrons. The van der Waals surface area contributed by atoms with Crippen molar-refractivity contribution in [1.29, 1.82) is 0 Å². The van der Waals surface area contributed by atoms with E-state index >= 15 is 0 Å². The predicted octanol–water partition coefficient (Wildman–Crippen LogP) is 5.42. The normalized spacial score (nSPS) is 11.8. The molecule has 0 bridgehead atoms. The van der Waals surface area contributed by atoms with Crippen molar-refractivity contribution in [3.8, 4) is 17.2 Å². The molecule has 10 nitrogen and oxygen atoms in total. The van der Waals surface area contributed by atoms with Gasteiger partial charge in [0, 0.05) is 24.2 Å². The lowest BCUT2D eigenvalue weighted by atomic mass is 10.1. The number of nitrogens with one attached hydrogen (secondary N) is 1. The van der Waals surface area contributed by atoms with Gasteiger partial charge in [-0.2, -0.15) is 0 Å². The van der Waals surface area contributed by atoms with Crippen LogP contribution in [0.4, 0.5) is 5.69 Å². The molecule has 1 atom stereocenters. The molecule has 0 fully saturated rings. The number of benzene rings is 3. The Labute approximate surface area is 266 Å². The summed E-state index contributed by atoms with van der Waals surface area (Å²) < 4.78 is 45.4. The molecule has 0 unspecified atom stereocenters. The number of anilines is 1. The molecule has 0 heterocycles. The Morgan fingerprint density at radius 2 is 1.51 bits per heavy atom. The van der Waals surface area contributed by atoms with Gasteiger partial charge in [0.2, 0.25) is 11.8 Å². The van der Waals surface area contributed by atoms with E-state index in [2.05, 4.69) is 5.32 Å². The van der Waals surface area contributed by atoms with Crippen LogP contribution in [-0.2, 0) is 26.2 Å². The zero-order valence-electron chi connectivity index (χ0n) is 24.2. The average Bonchev–Trinajstić information content (AvgIpc) is 2.99. The van der Waals surface area contributed by atoms with Gasteiger partial charge in [0.05, 0.1) is 42.0 Å². The van der Waals surface area contributed by atoms with Crippen LogP contribution in [0.25, 0.3) is 0 Å². The van der Waals surface area contributed by atoms with Gasteiger partial charge in [-0.1, -0.05) is 40.9 Å². The Balaban J connectivity index is 2.16. The average molecular weight is 673 g/mol. The van der Waals surface area contributed by atoms with Gasteiger partial charge in [-0.3, -0.25) is 13.9 Å². The topological polar surface area (TPSA) is 114 Å². The van der Waals surface area contributed by atoms with E-state index in [4.69, 9.17) is 49.0 Å². The fourth-order valence-electron chi connectivity index (χ4n) is 4.21. The first-order valence-corrected chi connectivity index (χ1v) is 15.5. The maximum Gasteiger partial charge on any atom is 0.265 e. The quantitative estimate of drug-likeness (QED) is 0.258. The number of rotatable bonds is 13. The Morgan fingerprint density at radius 1 is 0.860 bits per heavy atom. The minimum absolute atomic E-state index is 0.0123. The molecule has 0 saturated heterocycles. The monoisotopic (exact) mass is 671 g/mol. The van der Waals surface area contributed by atoms with Crippen molar-refractivity contribution in [2.24, 2.45) is 0 Å². The number of methoxy groups -OCH3 is 3. The molecule has 2 amide bonds. The summed E-state index contributed by atoms with van der Waals surface area (Å²) in [5, 5.41) is 3.49. The second-order valence-corrected chi connectivity index (χ2v) is 12.3. The van der Waals surface area contributed by atoms with E-state index < -0.39 is 34.4 Å². The summed E-state index contributed by atoms with van der Waals surface area (Å²) >= 11 is 18.6. The molecule has 232 valence electrons. The first-order valence-electron chi connectivity index (χ1n) is 13.0. The zero-order chi connectivity index (χ0) is 31.9. The van der Waals surface area contributed by atoms with Gasteiger partial charge in [-0.05, 0) is 61.9 Å². The summed E-state index contributed by atoms with van der Waals surface area (Å²) in [4.78, 5) is 28.1. The standard InChI is InChI=1S/C29H32Cl3N3O7S/c1-6-33-29(37)18(2)34(16-19-7-10-22(31)23(32)13-19)28(36)17-35(24-14-20(30)8-11-25(24)40-3)43(38,39)21-9-12-26(41-4)27(15-21)42-5/h7-15,18H,6,16-17H2,1-5H3,(H,33,37)/t18-/m0/s1. The largest absolute Gasteiger partial charge is 0.495 e. The molecule has 0 spiro atoms. The minimum atomic E-state index is -4.46. The first-order chi connectivity index (χ1) is 20.4. The van der Waals surface area contributed by atoms with Crippen LogP contribution in [0.2, 0.25) is 15.1 Å². The van der Waals surface area contributed by atoms with Crippen LogP contribution < -0.4 is 23.8 Å². The predicted molar refractivity (Wildman–Crippen MR) is 167 cm³/mol. The molecule has 3 aromatic rings. The SMILES string of the molecule is CCNC(=O)[C@H](C)N(Cc1ccc(Cl)c(Cl)c1)C(=O)CN(c1cc(Cl)ccc1OC)S(=O)(=O)c1ccc(OC)c(OC)c1. The Hall–Kier alpha value is -3.38. The lowest BCUT2D eigenvalue weighted by Gasteiger charge is -2.32. The number of sulfonamides is 1. The Morgan fingerprint density at radius 3 is 2.12 bits per heavy atom. The maximum atomic E-state index is 14.2. The number of ether oxygens (including phenoxy) is 3. The first kappa shape index (κ1) is 34.1. The van der Waals surface area contributed by atoms with Crippen molar-refractivity contribution in [1.82, 2.24) is 10.2 Å². The highest BCUT2D eigenvalue weighted by Crippen LogP contribution is 2.37.